The van der Waals surface area contributed by atoms with Gasteiger partial charge in [0.05, 0.1) is 21.0 Å². The van der Waals surface area contributed by atoms with Gasteiger partial charge < -0.3 is 5.32 Å². The van der Waals surface area contributed by atoms with Crippen LogP contribution in [0.25, 0.3) is 0 Å². The van der Waals surface area contributed by atoms with Crippen molar-refractivity contribution in [3.8, 4) is 0 Å². The molecule has 0 aromatic heterocycles. The van der Waals surface area contributed by atoms with Crippen LogP contribution in [0, 0.1) is 0 Å². The first-order valence-electron chi connectivity index (χ1n) is 5.79. The highest BCUT2D eigenvalue weighted by Gasteiger charge is 2.35. The molecule has 0 bridgehead atoms. The van der Waals surface area contributed by atoms with E-state index in [0.717, 1.165) is 12.8 Å². The lowest BCUT2D eigenvalue weighted by Gasteiger charge is -2.22. The quantitative estimate of drug-likeness (QED) is 0.931. The molecule has 2 unspecified atom stereocenters. The van der Waals surface area contributed by atoms with Crippen LogP contribution >= 0.6 is 23.2 Å². The first-order valence-corrected chi connectivity index (χ1v) is 8.50. The Morgan fingerprint density at radius 2 is 1.83 bits per heavy atom. The van der Waals surface area contributed by atoms with E-state index < -0.39 is 9.84 Å². The summed E-state index contributed by atoms with van der Waals surface area (Å²) in [7, 11) is -3.05. The van der Waals surface area contributed by atoms with Crippen LogP contribution in [0.15, 0.2) is 18.2 Å². The van der Waals surface area contributed by atoms with E-state index in [-0.39, 0.29) is 11.3 Å². The van der Waals surface area contributed by atoms with Crippen molar-refractivity contribution >= 4 is 38.7 Å². The van der Waals surface area contributed by atoms with Crippen LogP contribution < -0.4 is 5.32 Å². The summed E-state index contributed by atoms with van der Waals surface area (Å²) in [5, 5.41) is 3.87. The maximum Gasteiger partial charge on any atom is 0.152 e. The molecule has 0 radical (unpaired) electrons. The van der Waals surface area contributed by atoms with E-state index in [1.807, 2.05) is 0 Å². The van der Waals surface area contributed by atoms with E-state index >= 15 is 0 Å². The molecule has 0 heterocycles. The van der Waals surface area contributed by atoms with E-state index in [4.69, 9.17) is 23.2 Å². The van der Waals surface area contributed by atoms with Crippen molar-refractivity contribution in [1.29, 1.82) is 0 Å². The molecule has 0 aliphatic heterocycles. The Morgan fingerprint density at radius 1 is 1.22 bits per heavy atom. The largest absolute Gasteiger partial charge is 0.379 e. The Labute approximate surface area is 117 Å². The molecule has 1 aromatic rings. The number of sulfone groups is 1. The lowest BCUT2D eigenvalue weighted by Crippen LogP contribution is -2.34. The van der Waals surface area contributed by atoms with E-state index in [0.29, 0.717) is 22.2 Å². The van der Waals surface area contributed by atoms with Gasteiger partial charge in [-0.05, 0) is 31.4 Å². The monoisotopic (exact) mass is 307 g/mol. The van der Waals surface area contributed by atoms with Crippen LogP contribution in [0.4, 0.5) is 5.69 Å². The van der Waals surface area contributed by atoms with Gasteiger partial charge in [-0.1, -0.05) is 29.3 Å². The third-order valence-electron chi connectivity index (χ3n) is 3.29. The first kappa shape index (κ1) is 14.0. The highest BCUT2D eigenvalue weighted by atomic mass is 35.5. The zero-order chi connectivity index (χ0) is 13.3. The zero-order valence-corrected chi connectivity index (χ0v) is 12.3. The molecule has 6 heteroatoms. The Kier molecular flexibility index (Phi) is 4.09. The fraction of sp³-hybridized carbons (Fsp3) is 0.500. The van der Waals surface area contributed by atoms with Crippen LogP contribution in [0.5, 0.6) is 0 Å². The number of anilines is 1. The van der Waals surface area contributed by atoms with Gasteiger partial charge in [-0.15, -0.1) is 0 Å². The minimum atomic E-state index is -3.05. The van der Waals surface area contributed by atoms with Crippen LogP contribution in [-0.2, 0) is 9.84 Å². The molecule has 0 amide bonds. The number of para-hydroxylation sites is 1. The van der Waals surface area contributed by atoms with Gasteiger partial charge in [-0.2, -0.15) is 0 Å². The van der Waals surface area contributed by atoms with Crippen LogP contribution in [0.3, 0.4) is 0 Å². The molecule has 1 saturated carbocycles. The lowest BCUT2D eigenvalue weighted by atomic mass is 10.2. The highest BCUT2D eigenvalue weighted by molar-refractivity contribution is 7.91. The Balaban J connectivity index is 2.24. The molecule has 100 valence electrons. The fourth-order valence-electron chi connectivity index (χ4n) is 2.42. The number of nitrogens with one attached hydrogen (secondary N) is 1. The van der Waals surface area contributed by atoms with Gasteiger partial charge in [-0.25, -0.2) is 8.42 Å². The van der Waals surface area contributed by atoms with Gasteiger partial charge in [0.25, 0.3) is 0 Å². The van der Waals surface area contributed by atoms with Crippen molar-refractivity contribution in [1.82, 2.24) is 0 Å². The van der Waals surface area contributed by atoms with E-state index in [1.54, 1.807) is 18.2 Å². The zero-order valence-electron chi connectivity index (χ0n) is 9.99. The van der Waals surface area contributed by atoms with E-state index in [1.165, 1.54) is 6.26 Å². The van der Waals surface area contributed by atoms with Gasteiger partial charge in [-0.3, -0.25) is 0 Å². The standard InChI is InChI=1S/C12H15Cl2NO2S/c1-18(16,17)11-7-3-6-10(11)15-12-8(13)4-2-5-9(12)14/h2,4-5,10-11,15H,3,6-7H2,1H3. The molecule has 0 saturated heterocycles. The van der Waals surface area contributed by atoms with Gasteiger partial charge in [0.1, 0.15) is 0 Å². The summed E-state index contributed by atoms with van der Waals surface area (Å²) < 4.78 is 23.4. The summed E-state index contributed by atoms with van der Waals surface area (Å²) in [5.74, 6) is 0. The van der Waals surface area contributed by atoms with E-state index in [2.05, 4.69) is 5.32 Å². The van der Waals surface area contributed by atoms with Gasteiger partial charge >= 0.3 is 0 Å². The van der Waals surface area contributed by atoms with Crippen LogP contribution in [0.2, 0.25) is 10.0 Å². The topological polar surface area (TPSA) is 46.2 Å². The van der Waals surface area contributed by atoms with Crippen molar-refractivity contribution in [2.24, 2.45) is 0 Å². The predicted octanol–water partition coefficient (Wildman–Crippen LogP) is 3.37. The summed E-state index contributed by atoms with van der Waals surface area (Å²) in [6, 6.07) is 5.12. The number of hydrogen-bond donors (Lipinski definition) is 1. The van der Waals surface area contributed by atoms with Gasteiger partial charge in [0, 0.05) is 12.3 Å². The second kappa shape index (κ2) is 5.27. The summed E-state index contributed by atoms with van der Waals surface area (Å²) in [6.07, 6.45) is 3.70. The summed E-state index contributed by atoms with van der Waals surface area (Å²) in [5.41, 5.74) is 0.626. The number of halogens is 2. The van der Waals surface area contributed by atoms with Crippen LogP contribution in [0.1, 0.15) is 19.3 Å². The minimum absolute atomic E-state index is 0.114. The summed E-state index contributed by atoms with van der Waals surface area (Å²) >= 11 is 12.1. The molecule has 1 fully saturated rings. The number of benzene rings is 1. The minimum Gasteiger partial charge on any atom is -0.379 e. The molecular formula is C12H15Cl2NO2S. The first-order chi connectivity index (χ1) is 8.39. The average molecular weight is 308 g/mol. The van der Waals surface area contributed by atoms with E-state index in [9.17, 15) is 8.42 Å². The number of rotatable bonds is 3. The SMILES string of the molecule is CS(=O)(=O)C1CCCC1Nc1c(Cl)cccc1Cl. The fourth-order valence-corrected chi connectivity index (χ4v) is 4.33. The molecule has 1 aromatic carbocycles. The van der Waals surface area contributed by atoms with Gasteiger partial charge in [0.2, 0.25) is 0 Å². The maximum atomic E-state index is 11.7. The van der Waals surface area contributed by atoms with Crippen molar-refractivity contribution in [3.05, 3.63) is 28.2 Å². The molecule has 2 atom stereocenters. The second-order valence-corrected chi connectivity index (χ2v) is 7.73. The molecule has 0 spiro atoms. The molecular weight excluding hydrogens is 293 g/mol. The third-order valence-corrected chi connectivity index (χ3v) is 5.59. The normalized spacial score (nSPS) is 24.2. The average Bonchev–Trinajstić information content (AvgIpc) is 2.71. The lowest BCUT2D eigenvalue weighted by molar-refractivity contribution is 0.579. The molecule has 2 rings (SSSR count). The maximum absolute atomic E-state index is 11.7. The van der Waals surface area contributed by atoms with Crippen molar-refractivity contribution in [2.75, 3.05) is 11.6 Å². The Hall–Kier alpha value is -0.450. The smallest absolute Gasteiger partial charge is 0.152 e. The van der Waals surface area contributed by atoms with Gasteiger partial charge in [0.15, 0.2) is 9.84 Å². The molecule has 1 aliphatic carbocycles. The Morgan fingerprint density at radius 3 is 2.39 bits per heavy atom. The van der Waals surface area contributed by atoms with Crippen molar-refractivity contribution in [2.45, 2.75) is 30.6 Å². The predicted molar refractivity (Wildman–Crippen MR) is 76.4 cm³/mol. The Bertz CT molecular complexity index is 525. The van der Waals surface area contributed by atoms with Crippen molar-refractivity contribution < 1.29 is 8.42 Å². The number of hydrogen-bond acceptors (Lipinski definition) is 3. The molecule has 1 aliphatic rings. The summed E-state index contributed by atoms with van der Waals surface area (Å²) in [6.45, 7) is 0. The summed E-state index contributed by atoms with van der Waals surface area (Å²) in [4.78, 5) is 0. The van der Waals surface area contributed by atoms with Crippen LogP contribution in [-0.4, -0.2) is 26.0 Å². The third kappa shape index (κ3) is 2.92. The molecule has 1 N–H and O–H groups in total. The second-order valence-electron chi connectivity index (χ2n) is 4.65. The van der Waals surface area contributed by atoms with Crippen molar-refractivity contribution in [3.63, 3.8) is 0 Å². The molecule has 18 heavy (non-hydrogen) atoms. The highest BCUT2D eigenvalue weighted by Crippen LogP contribution is 2.34. The molecule has 3 nitrogen and oxygen atoms in total.